The van der Waals surface area contributed by atoms with Gasteiger partial charge >= 0.3 is 0 Å². The molecule has 6 rings (SSSR count). The van der Waals surface area contributed by atoms with Gasteiger partial charge in [-0.15, -0.1) is 10.2 Å². The van der Waals surface area contributed by atoms with Gasteiger partial charge in [-0.3, -0.25) is 9.36 Å². The van der Waals surface area contributed by atoms with Gasteiger partial charge in [0, 0.05) is 11.1 Å². The molecule has 1 aliphatic rings. The summed E-state index contributed by atoms with van der Waals surface area (Å²) < 4.78 is 13.0. The lowest BCUT2D eigenvalue weighted by molar-refractivity contribution is 0.0916. The largest absolute Gasteiger partial charge is 0.463 e. The quantitative estimate of drug-likeness (QED) is 0.289. The molecule has 5 aromatic rings. The molecule has 4 aromatic heterocycles. The lowest BCUT2D eigenvalue weighted by Gasteiger charge is -2.17. The van der Waals surface area contributed by atoms with Crippen LogP contribution in [0.15, 0.2) is 75.0 Å². The first kappa shape index (κ1) is 20.9. The van der Waals surface area contributed by atoms with Gasteiger partial charge in [0.25, 0.3) is 0 Å². The molecule has 0 saturated heterocycles. The number of carbonyl (C=O) groups is 1. The molecule has 0 fully saturated rings. The van der Waals surface area contributed by atoms with E-state index in [0.29, 0.717) is 28.1 Å². The molecular weight excluding hydrogens is 448 g/mol. The minimum atomic E-state index is -0.400. The number of carbonyl (C=O) groups excluding carboxylic acids is 1. The highest BCUT2D eigenvalue weighted by Crippen LogP contribution is 2.35. The van der Waals surface area contributed by atoms with Crippen LogP contribution in [-0.4, -0.2) is 30.9 Å². The van der Waals surface area contributed by atoms with E-state index < -0.39 is 5.25 Å². The van der Waals surface area contributed by atoms with Crippen molar-refractivity contribution in [1.82, 2.24) is 19.7 Å². The predicted molar refractivity (Wildman–Crippen MR) is 130 cm³/mol. The zero-order valence-corrected chi connectivity index (χ0v) is 19.4. The Morgan fingerprint density at radius 3 is 2.44 bits per heavy atom. The summed E-state index contributed by atoms with van der Waals surface area (Å²) in [6, 6.07) is 15.4. The summed E-state index contributed by atoms with van der Waals surface area (Å²) in [7, 11) is 0. The summed E-state index contributed by atoms with van der Waals surface area (Å²) in [5.41, 5.74) is 4.46. The molecular formula is C26H22N4O3S. The smallest absolute Gasteiger partial charge is 0.244 e. The number of fused-ring (bicyclic) bond motifs is 3. The van der Waals surface area contributed by atoms with Crippen molar-refractivity contribution < 1.29 is 13.6 Å². The minimum Gasteiger partial charge on any atom is -0.463 e. The van der Waals surface area contributed by atoms with E-state index in [0.717, 1.165) is 36.9 Å². The van der Waals surface area contributed by atoms with Crippen LogP contribution in [0, 0.1) is 0 Å². The Kier molecular flexibility index (Phi) is 5.30. The number of furan rings is 2. The Morgan fingerprint density at radius 1 is 0.941 bits per heavy atom. The monoisotopic (exact) mass is 470 g/mol. The van der Waals surface area contributed by atoms with Crippen LogP contribution in [0.5, 0.6) is 0 Å². The highest BCUT2D eigenvalue weighted by Gasteiger charge is 2.27. The summed E-state index contributed by atoms with van der Waals surface area (Å²) in [4.78, 5) is 18.4. The fourth-order valence-electron chi connectivity index (χ4n) is 4.66. The standard InChI is InChI=1S/C26H22N4O3S/c1-16(25(31)30-19-10-4-2-8-17(19)18-9-3-5-11-20(18)30)34-26-27-23(21-12-6-14-32-21)24(28-29-26)22-13-7-15-33-22/h2,4,6-8,10,12-16H,3,5,9,11H2,1H3. The number of thioether (sulfide) groups is 1. The van der Waals surface area contributed by atoms with Crippen LogP contribution in [0.4, 0.5) is 0 Å². The van der Waals surface area contributed by atoms with Crippen LogP contribution in [0.25, 0.3) is 33.8 Å². The molecule has 0 spiro atoms. The third-order valence-electron chi connectivity index (χ3n) is 6.21. The number of aromatic nitrogens is 4. The Morgan fingerprint density at radius 2 is 1.68 bits per heavy atom. The SMILES string of the molecule is CC(Sc1nnc(-c2ccco2)c(-c2ccco2)n1)C(=O)n1c2c(c3ccccc31)CCCC2. The van der Waals surface area contributed by atoms with E-state index in [1.807, 2.05) is 35.8 Å². The summed E-state index contributed by atoms with van der Waals surface area (Å²) in [6.45, 7) is 1.90. The van der Waals surface area contributed by atoms with Gasteiger partial charge in [-0.1, -0.05) is 30.0 Å². The fourth-order valence-corrected chi connectivity index (χ4v) is 5.42. The molecule has 1 aromatic carbocycles. The van der Waals surface area contributed by atoms with E-state index in [1.54, 1.807) is 30.7 Å². The van der Waals surface area contributed by atoms with Crippen molar-refractivity contribution in [2.24, 2.45) is 0 Å². The number of hydrogen-bond donors (Lipinski definition) is 0. The number of para-hydroxylation sites is 1. The number of nitrogens with zero attached hydrogens (tertiary/aromatic N) is 4. The first-order chi connectivity index (χ1) is 16.7. The summed E-state index contributed by atoms with van der Waals surface area (Å²) in [5, 5.41) is 9.86. The van der Waals surface area contributed by atoms with E-state index in [2.05, 4.69) is 16.3 Å². The average molecular weight is 471 g/mol. The number of hydrogen-bond acceptors (Lipinski definition) is 7. The number of rotatable bonds is 5. The van der Waals surface area contributed by atoms with Crippen LogP contribution in [0.1, 0.15) is 35.8 Å². The predicted octanol–water partition coefficient (Wildman–Crippen LogP) is 6.05. The molecule has 0 amide bonds. The second-order valence-corrected chi connectivity index (χ2v) is 9.64. The van der Waals surface area contributed by atoms with Gasteiger partial charge in [0.15, 0.2) is 17.2 Å². The third-order valence-corrected chi connectivity index (χ3v) is 7.14. The van der Waals surface area contributed by atoms with Crippen molar-refractivity contribution >= 4 is 28.6 Å². The Hall–Kier alpha value is -3.65. The maximum atomic E-state index is 13.7. The molecule has 1 aliphatic carbocycles. The summed E-state index contributed by atoms with van der Waals surface area (Å²) >= 11 is 1.30. The molecule has 34 heavy (non-hydrogen) atoms. The fraction of sp³-hybridized carbons (Fsp3) is 0.231. The average Bonchev–Trinajstić information content (AvgIpc) is 3.64. The molecule has 7 nitrogen and oxygen atoms in total. The van der Waals surface area contributed by atoms with E-state index in [4.69, 9.17) is 13.8 Å². The maximum Gasteiger partial charge on any atom is 0.244 e. The normalized spacial score (nSPS) is 14.3. The number of aryl methyl sites for hydroxylation is 1. The molecule has 8 heteroatoms. The highest BCUT2D eigenvalue weighted by molar-refractivity contribution is 8.00. The zero-order valence-electron chi connectivity index (χ0n) is 18.6. The molecule has 1 unspecified atom stereocenters. The van der Waals surface area contributed by atoms with E-state index in [1.165, 1.54) is 22.7 Å². The lowest BCUT2D eigenvalue weighted by Crippen LogP contribution is -2.24. The maximum absolute atomic E-state index is 13.7. The van der Waals surface area contributed by atoms with E-state index in [-0.39, 0.29) is 5.91 Å². The molecule has 0 radical (unpaired) electrons. The first-order valence-corrected chi connectivity index (χ1v) is 12.2. The van der Waals surface area contributed by atoms with E-state index in [9.17, 15) is 4.79 Å². The van der Waals surface area contributed by atoms with Crippen molar-refractivity contribution in [2.45, 2.75) is 43.0 Å². The van der Waals surface area contributed by atoms with Crippen LogP contribution in [0.3, 0.4) is 0 Å². The molecule has 1 atom stereocenters. The molecule has 0 bridgehead atoms. The second kappa shape index (κ2) is 8.61. The molecule has 0 saturated carbocycles. The van der Waals surface area contributed by atoms with Gasteiger partial charge in [0.2, 0.25) is 11.1 Å². The summed E-state index contributed by atoms with van der Waals surface area (Å²) in [5.74, 6) is 1.15. The van der Waals surface area contributed by atoms with Crippen molar-refractivity contribution in [2.75, 3.05) is 0 Å². The second-order valence-electron chi connectivity index (χ2n) is 8.33. The van der Waals surface area contributed by atoms with Gasteiger partial charge in [0.05, 0.1) is 23.3 Å². The third kappa shape index (κ3) is 3.54. The molecule has 170 valence electrons. The first-order valence-electron chi connectivity index (χ1n) is 11.4. The van der Waals surface area contributed by atoms with Gasteiger partial charge in [0.1, 0.15) is 5.69 Å². The topological polar surface area (TPSA) is 87.0 Å². The van der Waals surface area contributed by atoms with Gasteiger partial charge in [-0.2, -0.15) is 0 Å². The zero-order chi connectivity index (χ0) is 23.1. The van der Waals surface area contributed by atoms with Crippen molar-refractivity contribution in [1.29, 1.82) is 0 Å². The van der Waals surface area contributed by atoms with Crippen LogP contribution < -0.4 is 0 Å². The molecule has 4 heterocycles. The molecule has 0 N–H and O–H groups in total. The van der Waals surface area contributed by atoms with Crippen molar-refractivity contribution in [3.8, 4) is 22.9 Å². The van der Waals surface area contributed by atoms with Gasteiger partial charge < -0.3 is 8.83 Å². The highest BCUT2D eigenvalue weighted by atomic mass is 32.2. The Balaban J connectivity index is 1.35. The molecule has 0 aliphatic heterocycles. The van der Waals surface area contributed by atoms with Crippen LogP contribution in [-0.2, 0) is 12.8 Å². The Labute approximate surface area is 200 Å². The van der Waals surface area contributed by atoms with Crippen molar-refractivity contribution in [3.63, 3.8) is 0 Å². The van der Waals surface area contributed by atoms with Gasteiger partial charge in [-0.05, 0) is 68.5 Å². The minimum absolute atomic E-state index is 0.0302. The van der Waals surface area contributed by atoms with Crippen LogP contribution in [0.2, 0.25) is 0 Å². The van der Waals surface area contributed by atoms with Crippen molar-refractivity contribution in [3.05, 3.63) is 72.3 Å². The lowest BCUT2D eigenvalue weighted by atomic mass is 9.95. The number of benzene rings is 1. The summed E-state index contributed by atoms with van der Waals surface area (Å²) in [6.07, 6.45) is 7.37. The Bertz CT molecular complexity index is 1470. The van der Waals surface area contributed by atoms with E-state index >= 15 is 0 Å². The van der Waals surface area contributed by atoms with Crippen LogP contribution >= 0.6 is 11.8 Å². The van der Waals surface area contributed by atoms with Gasteiger partial charge in [-0.25, -0.2) is 4.98 Å².